The van der Waals surface area contributed by atoms with E-state index in [1.807, 2.05) is 6.08 Å². The summed E-state index contributed by atoms with van der Waals surface area (Å²) in [7, 11) is 0. The first-order valence-corrected chi connectivity index (χ1v) is 29.3. The molecule has 0 spiro atoms. The van der Waals surface area contributed by atoms with Crippen molar-refractivity contribution in [2.75, 3.05) is 13.2 Å². The van der Waals surface area contributed by atoms with Crippen molar-refractivity contribution in [3.8, 4) is 0 Å². The van der Waals surface area contributed by atoms with E-state index >= 15 is 0 Å². The molecular formula is C60H113NO5. The molecular weight excluding hydrogens is 815 g/mol. The number of allylic oxidation sites excluding steroid dienone is 5. The van der Waals surface area contributed by atoms with E-state index in [1.54, 1.807) is 6.08 Å². The molecule has 0 aliphatic carbocycles. The molecule has 66 heavy (non-hydrogen) atoms. The number of unbranched alkanes of at least 4 members (excludes halogenated alkanes) is 39. The van der Waals surface area contributed by atoms with E-state index in [4.69, 9.17) is 4.74 Å². The Kier molecular flexibility index (Phi) is 54.1. The second kappa shape index (κ2) is 55.7. The number of nitrogens with one attached hydrogen (secondary N) is 1. The van der Waals surface area contributed by atoms with Crippen LogP contribution in [-0.2, 0) is 14.3 Å². The van der Waals surface area contributed by atoms with Gasteiger partial charge in [0.25, 0.3) is 0 Å². The van der Waals surface area contributed by atoms with Gasteiger partial charge >= 0.3 is 5.97 Å². The summed E-state index contributed by atoms with van der Waals surface area (Å²) in [5.41, 5.74) is 0. The smallest absolute Gasteiger partial charge is 0.305 e. The zero-order valence-corrected chi connectivity index (χ0v) is 44.2. The summed E-state index contributed by atoms with van der Waals surface area (Å²) in [5.74, 6) is -0.0676. The first-order valence-electron chi connectivity index (χ1n) is 29.3. The minimum absolute atomic E-state index is 0.00421. The van der Waals surface area contributed by atoms with Gasteiger partial charge in [-0.05, 0) is 83.5 Å². The quantitative estimate of drug-likeness (QED) is 0.0321. The molecule has 0 rings (SSSR count). The van der Waals surface area contributed by atoms with Gasteiger partial charge in [0.15, 0.2) is 0 Å². The lowest BCUT2D eigenvalue weighted by Crippen LogP contribution is -2.45. The Morgan fingerprint density at radius 2 is 0.712 bits per heavy atom. The summed E-state index contributed by atoms with van der Waals surface area (Å²) >= 11 is 0. The molecule has 0 aromatic rings. The predicted molar refractivity (Wildman–Crippen MR) is 287 cm³/mol. The van der Waals surface area contributed by atoms with Gasteiger partial charge in [0.05, 0.1) is 25.4 Å². The Labute approximate surface area is 411 Å². The standard InChI is InChI=1S/C60H113NO5/c1-3-5-7-9-11-13-15-30-34-38-42-46-50-54-60(65)66-55-51-47-43-39-35-32-29-27-25-23-21-19-17-16-18-20-22-24-26-28-31-33-37-41-45-49-53-59(64)61-57(56-62)58(63)52-48-44-40-36-14-12-10-8-6-4-2/h13,15-16,18,48,52,57-58,62-63H,3-12,14,17,19-47,49-51,53-56H2,1-2H3,(H,61,64)/b15-13-,18-16-,52-48+. The Balaban J connectivity index is 3.39. The van der Waals surface area contributed by atoms with Crippen LogP contribution in [0.1, 0.15) is 309 Å². The summed E-state index contributed by atoms with van der Waals surface area (Å²) < 4.78 is 5.47. The van der Waals surface area contributed by atoms with E-state index in [0.29, 0.717) is 19.4 Å². The number of ether oxygens (including phenoxy) is 1. The van der Waals surface area contributed by atoms with Gasteiger partial charge in [0.2, 0.25) is 5.91 Å². The Bertz CT molecular complexity index is 1070. The second-order valence-electron chi connectivity index (χ2n) is 20.0. The molecule has 0 aliphatic heterocycles. The Morgan fingerprint density at radius 1 is 0.409 bits per heavy atom. The average molecular weight is 929 g/mol. The monoisotopic (exact) mass is 928 g/mol. The van der Waals surface area contributed by atoms with Crippen LogP contribution in [0.25, 0.3) is 0 Å². The molecule has 0 aliphatic rings. The third-order valence-corrected chi connectivity index (χ3v) is 13.4. The van der Waals surface area contributed by atoms with E-state index in [1.165, 1.54) is 238 Å². The normalized spacial score (nSPS) is 12.8. The summed E-state index contributed by atoms with van der Waals surface area (Å²) in [6.07, 6.45) is 69.0. The van der Waals surface area contributed by atoms with Crippen molar-refractivity contribution in [1.29, 1.82) is 0 Å². The molecule has 0 heterocycles. The minimum atomic E-state index is -0.843. The van der Waals surface area contributed by atoms with E-state index in [0.717, 1.165) is 44.9 Å². The second-order valence-corrected chi connectivity index (χ2v) is 20.0. The van der Waals surface area contributed by atoms with Crippen LogP contribution in [-0.4, -0.2) is 47.4 Å². The van der Waals surface area contributed by atoms with Crippen molar-refractivity contribution >= 4 is 11.9 Å². The Morgan fingerprint density at radius 3 is 1.09 bits per heavy atom. The summed E-state index contributed by atoms with van der Waals surface area (Å²) in [6, 6.07) is -0.627. The molecule has 0 bridgehead atoms. The third kappa shape index (κ3) is 51.5. The zero-order valence-electron chi connectivity index (χ0n) is 44.2. The minimum Gasteiger partial charge on any atom is -0.466 e. The average Bonchev–Trinajstić information content (AvgIpc) is 3.32. The number of esters is 1. The van der Waals surface area contributed by atoms with Crippen molar-refractivity contribution < 1.29 is 24.5 Å². The van der Waals surface area contributed by atoms with Crippen molar-refractivity contribution in [3.63, 3.8) is 0 Å². The van der Waals surface area contributed by atoms with Gasteiger partial charge in [-0.25, -0.2) is 0 Å². The van der Waals surface area contributed by atoms with Crippen LogP contribution >= 0.6 is 0 Å². The van der Waals surface area contributed by atoms with E-state index in [2.05, 4.69) is 43.5 Å². The molecule has 2 atom stereocenters. The van der Waals surface area contributed by atoms with Gasteiger partial charge < -0.3 is 20.3 Å². The number of aliphatic hydroxyl groups excluding tert-OH is 2. The predicted octanol–water partition coefficient (Wildman–Crippen LogP) is 18.0. The number of carbonyl (C=O) groups excluding carboxylic acids is 2. The molecule has 3 N–H and O–H groups in total. The summed E-state index contributed by atoms with van der Waals surface area (Å²) in [4.78, 5) is 24.4. The lowest BCUT2D eigenvalue weighted by atomic mass is 10.0. The fraction of sp³-hybridized carbons (Fsp3) is 0.867. The van der Waals surface area contributed by atoms with Crippen LogP contribution in [0.15, 0.2) is 36.5 Å². The molecule has 0 saturated carbocycles. The first kappa shape index (κ1) is 64.1. The maximum Gasteiger partial charge on any atom is 0.305 e. The lowest BCUT2D eigenvalue weighted by molar-refractivity contribution is -0.143. The number of hydrogen-bond donors (Lipinski definition) is 3. The third-order valence-electron chi connectivity index (χ3n) is 13.4. The van der Waals surface area contributed by atoms with Crippen molar-refractivity contribution in [2.45, 2.75) is 321 Å². The Hall–Kier alpha value is -1.92. The fourth-order valence-corrected chi connectivity index (χ4v) is 8.86. The molecule has 0 fully saturated rings. The van der Waals surface area contributed by atoms with Crippen molar-refractivity contribution in [1.82, 2.24) is 5.32 Å². The maximum atomic E-state index is 12.4. The molecule has 0 radical (unpaired) electrons. The molecule has 0 saturated heterocycles. The largest absolute Gasteiger partial charge is 0.466 e. The van der Waals surface area contributed by atoms with Gasteiger partial charge in [-0.3, -0.25) is 9.59 Å². The van der Waals surface area contributed by atoms with Gasteiger partial charge in [-0.2, -0.15) is 0 Å². The van der Waals surface area contributed by atoms with Gasteiger partial charge in [-0.15, -0.1) is 0 Å². The molecule has 1 amide bonds. The van der Waals surface area contributed by atoms with Gasteiger partial charge in [0.1, 0.15) is 0 Å². The van der Waals surface area contributed by atoms with Crippen LogP contribution in [0.5, 0.6) is 0 Å². The number of aliphatic hydroxyl groups is 2. The fourth-order valence-electron chi connectivity index (χ4n) is 8.86. The molecule has 6 heteroatoms. The van der Waals surface area contributed by atoms with Crippen molar-refractivity contribution in [3.05, 3.63) is 36.5 Å². The highest BCUT2D eigenvalue weighted by Crippen LogP contribution is 2.16. The highest BCUT2D eigenvalue weighted by atomic mass is 16.5. The maximum absolute atomic E-state index is 12.4. The molecule has 6 nitrogen and oxygen atoms in total. The first-order chi connectivity index (χ1) is 32.5. The van der Waals surface area contributed by atoms with Crippen LogP contribution in [0.2, 0.25) is 0 Å². The van der Waals surface area contributed by atoms with Gasteiger partial charge in [-0.1, -0.05) is 249 Å². The topological polar surface area (TPSA) is 95.9 Å². The summed E-state index contributed by atoms with van der Waals surface area (Å²) in [6.45, 7) is 4.87. The van der Waals surface area contributed by atoms with Gasteiger partial charge in [0, 0.05) is 12.8 Å². The highest BCUT2D eigenvalue weighted by molar-refractivity contribution is 5.76. The SMILES string of the molecule is CCCCCC/C=C\CCCCCCCC(=O)OCCCCCCCCCCCCCC/C=C\CCCCCCCCCCCCC(=O)NC(CO)C(O)/C=C/CCCCCCCCCC. The van der Waals surface area contributed by atoms with Crippen molar-refractivity contribution in [2.24, 2.45) is 0 Å². The summed E-state index contributed by atoms with van der Waals surface area (Å²) in [5, 5.41) is 23.0. The van der Waals surface area contributed by atoms with Crippen LogP contribution in [0, 0.1) is 0 Å². The number of amides is 1. The number of hydrogen-bond acceptors (Lipinski definition) is 5. The molecule has 0 aromatic heterocycles. The van der Waals surface area contributed by atoms with Crippen LogP contribution in [0.4, 0.5) is 0 Å². The lowest BCUT2D eigenvalue weighted by Gasteiger charge is -2.20. The van der Waals surface area contributed by atoms with E-state index in [9.17, 15) is 19.8 Å². The van der Waals surface area contributed by atoms with E-state index in [-0.39, 0.29) is 18.5 Å². The number of carbonyl (C=O) groups is 2. The molecule has 0 aromatic carbocycles. The van der Waals surface area contributed by atoms with Crippen LogP contribution < -0.4 is 5.32 Å². The van der Waals surface area contributed by atoms with E-state index < -0.39 is 12.1 Å². The zero-order chi connectivity index (χ0) is 47.9. The number of rotatable bonds is 54. The highest BCUT2D eigenvalue weighted by Gasteiger charge is 2.18. The van der Waals surface area contributed by atoms with Crippen LogP contribution in [0.3, 0.4) is 0 Å². The molecule has 2 unspecified atom stereocenters. The molecule has 388 valence electrons.